The number of nitrogen functional groups attached to an aromatic ring is 1. The number of ketones is 2. The van der Waals surface area contributed by atoms with Gasteiger partial charge in [0, 0.05) is 11.8 Å². The van der Waals surface area contributed by atoms with E-state index in [1.165, 1.54) is 18.2 Å². The van der Waals surface area contributed by atoms with E-state index in [1.807, 2.05) is 24.4 Å². The molecule has 2 heterocycles. The lowest BCUT2D eigenvalue weighted by molar-refractivity contribution is -0.277. The molecule has 0 unspecified atom stereocenters. The van der Waals surface area contributed by atoms with E-state index in [1.54, 1.807) is 6.08 Å². The van der Waals surface area contributed by atoms with Crippen molar-refractivity contribution >= 4 is 17.4 Å². The molecule has 1 aliphatic heterocycles. The van der Waals surface area contributed by atoms with Gasteiger partial charge in [-0.15, -0.1) is 0 Å². The molecule has 11 nitrogen and oxygen atoms in total. The smallest absolute Gasteiger partial charge is 0.229 e. The van der Waals surface area contributed by atoms with Crippen LogP contribution in [0.3, 0.4) is 0 Å². The molecule has 44 heavy (non-hydrogen) atoms. The van der Waals surface area contributed by atoms with E-state index in [0.717, 1.165) is 43.2 Å². The fourth-order valence-corrected chi connectivity index (χ4v) is 7.19. The number of hydrogen-bond acceptors (Lipinski definition) is 11. The van der Waals surface area contributed by atoms with Crippen LogP contribution in [0.15, 0.2) is 60.0 Å². The van der Waals surface area contributed by atoms with E-state index < -0.39 is 54.9 Å². The first kappa shape index (κ1) is 30.4. The average molecular weight is 607 g/mol. The number of aliphatic hydroxyl groups excluding tert-OH is 5. The first-order chi connectivity index (χ1) is 21.2. The van der Waals surface area contributed by atoms with E-state index in [2.05, 4.69) is 4.98 Å². The summed E-state index contributed by atoms with van der Waals surface area (Å²) in [6.45, 7) is -0.646. The van der Waals surface area contributed by atoms with Gasteiger partial charge in [0.25, 0.3) is 0 Å². The molecule has 1 aromatic heterocycles. The second kappa shape index (κ2) is 12.4. The zero-order valence-electron chi connectivity index (χ0n) is 24.2. The molecular formula is C33H38N2O9. The Morgan fingerprint density at radius 2 is 1.70 bits per heavy atom. The Kier molecular flexibility index (Phi) is 8.58. The van der Waals surface area contributed by atoms with Gasteiger partial charge < -0.3 is 40.7 Å². The van der Waals surface area contributed by atoms with Crippen LogP contribution in [0, 0.1) is 23.7 Å². The first-order valence-electron chi connectivity index (χ1n) is 15.2. The summed E-state index contributed by atoms with van der Waals surface area (Å²) >= 11 is 0. The molecule has 0 radical (unpaired) electrons. The molecule has 1 aromatic carbocycles. The van der Waals surface area contributed by atoms with Crippen molar-refractivity contribution in [3.05, 3.63) is 76.7 Å². The van der Waals surface area contributed by atoms with Crippen molar-refractivity contribution in [2.75, 3.05) is 12.3 Å². The molecule has 9 atom stereocenters. The SMILES string of the molecule is Nc1ccc(C[C@@H]2CCCC[C@H]2CC2=C[C@@H]3C(=O)c4cccc(O[C@@H]5O[C@H](CO)[C@@H](O)[C@H](O)[C@H]5O)c4C(=O)[C@@H]3C(O)=C2)cn1. The number of aliphatic hydroxyl groups is 5. The number of carbonyl (C=O) groups is 2. The third-order valence-electron chi connectivity index (χ3n) is 9.53. The summed E-state index contributed by atoms with van der Waals surface area (Å²) in [6, 6.07) is 8.29. The summed E-state index contributed by atoms with van der Waals surface area (Å²) in [5.74, 6) is -1.88. The number of pyridine rings is 1. The van der Waals surface area contributed by atoms with Gasteiger partial charge in [0.05, 0.1) is 24.0 Å². The first-order valence-corrected chi connectivity index (χ1v) is 15.2. The monoisotopic (exact) mass is 606 g/mol. The van der Waals surface area contributed by atoms with E-state index >= 15 is 0 Å². The van der Waals surface area contributed by atoms with Crippen LogP contribution in [0.25, 0.3) is 0 Å². The lowest BCUT2D eigenvalue weighted by atomic mass is 9.68. The van der Waals surface area contributed by atoms with Crippen LogP contribution in [-0.4, -0.2) is 79.4 Å². The second-order valence-corrected chi connectivity index (χ2v) is 12.3. The lowest BCUT2D eigenvalue weighted by Gasteiger charge is -2.40. The van der Waals surface area contributed by atoms with E-state index in [-0.39, 0.29) is 28.4 Å². The number of allylic oxidation sites excluding steroid dienone is 4. The summed E-state index contributed by atoms with van der Waals surface area (Å²) in [4.78, 5) is 31.9. The van der Waals surface area contributed by atoms with Crippen molar-refractivity contribution in [1.82, 2.24) is 4.98 Å². The molecule has 1 saturated heterocycles. The quantitative estimate of drug-likeness (QED) is 0.271. The standard InChI is InChI=1S/C33H38N2O9/c34-25-9-8-16(14-35-25)10-18-4-1-2-5-19(18)11-17-12-21-26(22(37)13-17)30(40)27-20(28(21)38)6-3-7-23(27)43-33-32(42)31(41)29(39)24(15-36)44-33/h3,6-9,12-14,18-19,21,24,26,29,31-33,36-37,39,41-42H,1-2,4-5,10-11,15H2,(H2,34,35)/t18-,19-,21-,24+,26-,29+,31-,32+,33+/m0/s1. The summed E-state index contributed by atoms with van der Waals surface area (Å²) in [7, 11) is 0. The van der Waals surface area contributed by atoms with Crippen LogP contribution >= 0.6 is 0 Å². The fraction of sp³-hybridized carbons (Fsp3) is 0.485. The van der Waals surface area contributed by atoms with Crippen LogP contribution in [0.5, 0.6) is 5.75 Å². The summed E-state index contributed by atoms with van der Waals surface area (Å²) in [6.07, 6.45) is 3.45. The highest BCUT2D eigenvalue weighted by atomic mass is 16.7. The Balaban J connectivity index is 1.23. The number of ether oxygens (including phenoxy) is 2. The van der Waals surface area contributed by atoms with Crippen molar-refractivity contribution in [2.45, 2.75) is 69.2 Å². The zero-order valence-corrected chi connectivity index (χ0v) is 24.2. The number of aromatic nitrogens is 1. The molecule has 2 aromatic rings. The molecule has 11 heteroatoms. The summed E-state index contributed by atoms with van der Waals surface area (Å²) < 4.78 is 11.2. The minimum Gasteiger partial charge on any atom is -0.511 e. The van der Waals surface area contributed by atoms with Crippen LogP contribution in [0.2, 0.25) is 0 Å². The van der Waals surface area contributed by atoms with Crippen molar-refractivity contribution in [3.8, 4) is 5.75 Å². The van der Waals surface area contributed by atoms with Gasteiger partial charge in [-0.3, -0.25) is 9.59 Å². The van der Waals surface area contributed by atoms with E-state index in [4.69, 9.17) is 15.2 Å². The average Bonchev–Trinajstić information content (AvgIpc) is 3.02. The number of rotatable bonds is 7. The van der Waals surface area contributed by atoms with Gasteiger partial charge >= 0.3 is 0 Å². The highest BCUT2D eigenvalue weighted by molar-refractivity contribution is 6.19. The summed E-state index contributed by atoms with van der Waals surface area (Å²) in [5, 5.41) is 51.4. The molecule has 3 aliphatic carbocycles. The Bertz CT molecular complexity index is 1470. The number of nitrogens with two attached hydrogens (primary N) is 1. The number of benzene rings is 1. The minimum absolute atomic E-state index is 0.0584. The fourth-order valence-electron chi connectivity index (χ4n) is 7.19. The Morgan fingerprint density at radius 1 is 0.955 bits per heavy atom. The van der Waals surface area contributed by atoms with Gasteiger partial charge in [-0.2, -0.15) is 0 Å². The summed E-state index contributed by atoms with van der Waals surface area (Å²) in [5.41, 5.74) is 7.77. The number of Topliss-reactive ketones (excluding diaryl/α,β-unsaturated/α-hetero) is 2. The number of fused-ring (bicyclic) bond motifs is 2. The highest BCUT2D eigenvalue weighted by Gasteiger charge is 2.48. The molecule has 6 rings (SSSR count). The van der Waals surface area contributed by atoms with Gasteiger partial charge in [-0.25, -0.2) is 4.98 Å². The topological polar surface area (TPSA) is 193 Å². The zero-order chi connectivity index (χ0) is 31.1. The maximum atomic E-state index is 13.9. The highest BCUT2D eigenvalue weighted by Crippen LogP contribution is 2.44. The molecular weight excluding hydrogens is 568 g/mol. The molecule has 1 saturated carbocycles. The molecule has 4 aliphatic rings. The second-order valence-electron chi connectivity index (χ2n) is 12.3. The Morgan fingerprint density at radius 3 is 2.41 bits per heavy atom. The lowest BCUT2D eigenvalue weighted by Crippen LogP contribution is -2.60. The van der Waals surface area contributed by atoms with Crippen LogP contribution in [0.4, 0.5) is 5.82 Å². The predicted octanol–water partition coefficient (Wildman–Crippen LogP) is 2.27. The van der Waals surface area contributed by atoms with E-state index in [0.29, 0.717) is 24.1 Å². The largest absolute Gasteiger partial charge is 0.511 e. The molecule has 0 bridgehead atoms. The van der Waals surface area contributed by atoms with Gasteiger partial charge in [-0.1, -0.05) is 37.1 Å². The van der Waals surface area contributed by atoms with Gasteiger partial charge in [0.15, 0.2) is 11.6 Å². The van der Waals surface area contributed by atoms with Gasteiger partial charge in [-0.05, 0) is 66.9 Å². The van der Waals surface area contributed by atoms with Gasteiger partial charge in [0.2, 0.25) is 6.29 Å². The van der Waals surface area contributed by atoms with Crippen molar-refractivity contribution < 1.29 is 44.6 Å². The Labute approximate surface area is 254 Å². The van der Waals surface area contributed by atoms with Gasteiger partial charge in [0.1, 0.15) is 41.7 Å². The van der Waals surface area contributed by atoms with Crippen LogP contribution in [0.1, 0.15) is 58.4 Å². The number of anilines is 1. The third kappa shape index (κ3) is 5.66. The molecule has 2 fully saturated rings. The number of nitrogens with zero attached hydrogens (tertiary/aromatic N) is 1. The van der Waals surface area contributed by atoms with Crippen molar-refractivity contribution in [3.63, 3.8) is 0 Å². The Hall–Kier alpha value is -3.61. The van der Waals surface area contributed by atoms with Crippen molar-refractivity contribution in [2.24, 2.45) is 23.7 Å². The molecule has 234 valence electrons. The maximum Gasteiger partial charge on any atom is 0.229 e. The molecule has 0 spiro atoms. The predicted molar refractivity (Wildman–Crippen MR) is 158 cm³/mol. The third-order valence-corrected chi connectivity index (χ3v) is 9.53. The van der Waals surface area contributed by atoms with Crippen molar-refractivity contribution in [1.29, 1.82) is 0 Å². The van der Waals surface area contributed by atoms with E-state index in [9.17, 15) is 35.1 Å². The normalized spacial score (nSPS) is 33.6. The minimum atomic E-state index is -1.70. The molecule has 7 N–H and O–H groups in total. The maximum absolute atomic E-state index is 13.9. The number of carbonyl (C=O) groups excluding carboxylic acids is 2. The number of hydrogen-bond donors (Lipinski definition) is 6. The van der Waals surface area contributed by atoms with Crippen LogP contribution in [-0.2, 0) is 11.2 Å². The van der Waals surface area contributed by atoms with Crippen LogP contribution < -0.4 is 10.5 Å². The molecule has 0 amide bonds.